The second-order valence-corrected chi connectivity index (χ2v) is 8.34. The predicted molar refractivity (Wildman–Crippen MR) is 117 cm³/mol. The van der Waals surface area contributed by atoms with Crippen LogP contribution in [0.2, 0.25) is 0 Å². The van der Waals surface area contributed by atoms with Crippen LogP contribution in [0.3, 0.4) is 0 Å². The van der Waals surface area contributed by atoms with Gasteiger partial charge in [-0.2, -0.15) is 4.31 Å². The van der Waals surface area contributed by atoms with Crippen LogP contribution in [0.15, 0.2) is 78.7 Å². The molecule has 0 saturated heterocycles. The summed E-state index contributed by atoms with van der Waals surface area (Å²) in [6.45, 7) is 8.84. The molecule has 0 aliphatic heterocycles. The average molecular weight is 445 g/mol. The highest BCUT2D eigenvalue weighted by Gasteiger charge is 2.23. The summed E-state index contributed by atoms with van der Waals surface area (Å²) in [6.07, 6.45) is 1.93. The number of anilines is 1. The quantitative estimate of drug-likeness (QED) is 0.322. The van der Waals surface area contributed by atoms with Crippen molar-refractivity contribution in [2.75, 3.05) is 18.4 Å². The van der Waals surface area contributed by atoms with Gasteiger partial charge in [-0.05, 0) is 37.3 Å². The summed E-state index contributed by atoms with van der Waals surface area (Å²) in [5.41, 5.74) is 0.0984. The van der Waals surface area contributed by atoms with Crippen LogP contribution in [-0.2, 0) is 14.8 Å². The van der Waals surface area contributed by atoms with E-state index in [0.29, 0.717) is 5.69 Å². The zero-order chi connectivity index (χ0) is 23.0. The van der Waals surface area contributed by atoms with Crippen molar-refractivity contribution in [3.05, 3.63) is 84.0 Å². The topological polar surface area (TPSA) is 119 Å². The molecule has 1 amide bonds. The Labute approximate surface area is 180 Å². The highest BCUT2D eigenvalue weighted by molar-refractivity contribution is 7.89. The van der Waals surface area contributed by atoms with E-state index in [-0.39, 0.29) is 29.4 Å². The first-order chi connectivity index (χ1) is 14.7. The van der Waals surface area contributed by atoms with Crippen molar-refractivity contribution in [3.8, 4) is 5.75 Å². The van der Waals surface area contributed by atoms with Crippen LogP contribution in [0, 0.1) is 10.1 Å². The molecular formula is C21H23N3O6S. The van der Waals surface area contributed by atoms with E-state index in [1.165, 1.54) is 65.8 Å². The van der Waals surface area contributed by atoms with Crippen LogP contribution >= 0.6 is 0 Å². The Kier molecular flexibility index (Phi) is 8.06. The molecule has 0 heterocycles. The highest BCUT2D eigenvalue weighted by atomic mass is 32.2. The van der Waals surface area contributed by atoms with Crippen LogP contribution in [0.25, 0.3) is 0 Å². The van der Waals surface area contributed by atoms with Crippen LogP contribution in [0.5, 0.6) is 5.75 Å². The minimum atomic E-state index is -3.75. The molecule has 9 nitrogen and oxygen atoms in total. The summed E-state index contributed by atoms with van der Waals surface area (Å²) in [5.74, 6) is -0.574. The number of rotatable bonds is 11. The molecule has 1 atom stereocenters. The van der Waals surface area contributed by atoms with Gasteiger partial charge in [0.15, 0.2) is 11.9 Å². The number of carbonyl (C=O) groups excluding carboxylic acids is 1. The highest BCUT2D eigenvalue weighted by Crippen LogP contribution is 2.27. The first-order valence-electron chi connectivity index (χ1n) is 9.23. The number of carbonyl (C=O) groups is 1. The molecule has 2 aromatic carbocycles. The van der Waals surface area contributed by atoms with Gasteiger partial charge in [0.05, 0.1) is 9.82 Å². The zero-order valence-corrected chi connectivity index (χ0v) is 17.7. The number of ether oxygens (including phenoxy) is 1. The minimum absolute atomic E-state index is 0.0267. The Balaban J connectivity index is 2.10. The molecule has 0 spiro atoms. The molecule has 0 fully saturated rings. The molecule has 0 aliphatic carbocycles. The van der Waals surface area contributed by atoms with E-state index in [4.69, 9.17) is 4.74 Å². The van der Waals surface area contributed by atoms with Gasteiger partial charge >= 0.3 is 5.69 Å². The lowest BCUT2D eigenvalue weighted by atomic mass is 10.2. The van der Waals surface area contributed by atoms with Crippen LogP contribution in [-0.4, -0.2) is 42.7 Å². The number of benzene rings is 2. The van der Waals surface area contributed by atoms with E-state index in [9.17, 15) is 23.3 Å². The third kappa shape index (κ3) is 6.00. The number of para-hydroxylation sites is 2. The van der Waals surface area contributed by atoms with E-state index in [1.54, 1.807) is 6.07 Å². The number of nitrogens with one attached hydrogen (secondary N) is 1. The lowest BCUT2D eigenvalue weighted by molar-refractivity contribution is -0.386. The van der Waals surface area contributed by atoms with Crippen LogP contribution in [0.4, 0.5) is 11.4 Å². The molecule has 1 unspecified atom stereocenters. The molecule has 2 rings (SSSR count). The molecule has 164 valence electrons. The fourth-order valence-corrected chi connectivity index (χ4v) is 4.00. The summed E-state index contributed by atoms with van der Waals surface area (Å²) in [7, 11) is -3.75. The van der Waals surface area contributed by atoms with Gasteiger partial charge in [-0.1, -0.05) is 24.3 Å². The fourth-order valence-electron chi connectivity index (χ4n) is 2.61. The average Bonchev–Trinajstić information content (AvgIpc) is 2.74. The van der Waals surface area contributed by atoms with E-state index < -0.39 is 27.0 Å². The number of nitrogens with zero attached hydrogens (tertiary/aromatic N) is 2. The van der Waals surface area contributed by atoms with Gasteiger partial charge in [-0.15, -0.1) is 13.2 Å². The van der Waals surface area contributed by atoms with Crippen molar-refractivity contribution >= 4 is 27.3 Å². The second-order valence-electron chi connectivity index (χ2n) is 6.40. The van der Waals surface area contributed by atoms with Gasteiger partial charge < -0.3 is 10.1 Å². The lowest BCUT2D eigenvalue weighted by Gasteiger charge is -2.19. The molecule has 1 N–H and O–H groups in total. The van der Waals surface area contributed by atoms with Gasteiger partial charge in [0.2, 0.25) is 10.0 Å². The SMILES string of the molecule is C=CCN(CC=C)S(=O)(=O)c1ccc(NC(=O)C(C)Oc2ccccc2[N+](=O)[O-])cc1. The molecule has 0 aromatic heterocycles. The summed E-state index contributed by atoms with van der Waals surface area (Å²) in [6, 6.07) is 11.4. The molecule has 0 radical (unpaired) electrons. The molecule has 31 heavy (non-hydrogen) atoms. The maximum atomic E-state index is 12.7. The van der Waals surface area contributed by atoms with Gasteiger partial charge in [-0.25, -0.2) is 8.42 Å². The minimum Gasteiger partial charge on any atom is -0.474 e. The second kappa shape index (κ2) is 10.5. The Morgan fingerprint density at radius 3 is 2.29 bits per heavy atom. The molecule has 0 bridgehead atoms. The van der Waals surface area contributed by atoms with Crippen molar-refractivity contribution in [2.45, 2.75) is 17.9 Å². The third-order valence-electron chi connectivity index (χ3n) is 4.16. The molecular weight excluding hydrogens is 422 g/mol. The summed E-state index contributed by atoms with van der Waals surface area (Å²) in [4.78, 5) is 22.9. The van der Waals surface area contributed by atoms with Crippen molar-refractivity contribution in [3.63, 3.8) is 0 Å². The number of hydrogen-bond acceptors (Lipinski definition) is 6. The maximum Gasteiger partial charge on any atom is 0.310 e. The van der Waals surface area contributed by atoms with Crippen molar-refractivity contribution < 1.29 is 22.9 Å². The predicted octanol–water partition coefficient (Wildman–Crippen LogP) is 3.36. The van der Waals surface area contributed by atoms with Gasteiger partial charge in [0.1, 0.15) is 0 Å². The monoisotopic (exact) mass is 445 g/mol. The maximum absolute atomic E-state index is 12.7. The summed E-state index contributed by atoms with van der Waals surface area (Å²) >= 11 is 0. The van der Waals surface area contributed by atoms with Gasteiger partial charge in [0, 0.05) is 24.8 Å². The standard InChI is InChI=1S/C21H23N3O6S/c1-4-14-23(15-5-2)31(28,29)18-12-10-17(11-13-18)22-21(25)16(3)30-20-9-7-6-8-19(20)24(26)27/h4-13,16H,1-2,14-15H2,3H3,(H,22,25). The largest absolute Gasteiger partial charge is 0.474 e. The first kappa shape index (κ1) is 23.8. The van der Waals surface area contributed by atoms with Crippen molar-refractivity contribution in [1.29, 1.82) is 0 Å². The Morgan fingerprint density at radius 2 is 1.74 bits per heavy atom. The van der Waals surface area contributed by atoms with E-state index in [1.807, 2.05) is 0 Å². The zero-order valence-electron chi connectivity index (χ0n) is 16.9. The number of sulfonamides is 1. The lowest BCUT2D eigenvalue weighted by Crippen LogP contribution is -2.31. The molecule has 10 heteroatoms. The van der Waals surface area contributed by atoms with Crippen LogP contribution < -0.4 is 10.1 Å². The van der Waals surface area contributed by atoms with Crippen molar-refractivity contribution in [2.24, 2.45) is 0 Å². The van der Waals surface area contributed by atoms with E-state index in [0.717, 1.165) is 0 Å². The van der Waals surface area contributed by atoms with Gasteiger partial charge in [-0.3, -0.25) is 14.9 Å². The Morgan fingerprint density at radius 1 is 1.16 bits per heavy atom. The smallest absolute Gasteiger partial charge is 0.310 e. The summed E-state index contributed by atoms with van der Waals surface area (Å²) in [5, 5.41) is 13.7. The number of nitro groups is 1. The molecule has 0 saturated carbocycles. The first-order valence-corrected chi connectivity index (χ1v) is 10.7. The normalized spacial score (nSPS) is 12.1. The van der Waals surface area contributed by atoms with Crippen LogP contribution in [0.1, 0.15) is 6.92 Å². The fraction of sp³-hybridized carbons (Fsp3) is 0.190. The Bertz CT molecular complexity index is 1060. The van der Waals surface area contributed by atoms with Crippen molar-refractivity contribution in [1.82, 2.24) is 4.31 Å². The van der Waals surface area contributed by atoms with E-state index in [2.05, 4.69) is 18.5 Å². The number of amides is 1. The molecule has 0 aliphatic rings. The molecule has 2 aromatic rings. The summed E-state index contributed by atoms with van der Waals surface area (Å²) < 4.78 is 32.1. The van der Waals surface area contributed by atoms with E-state index >= 15 is 0 Å². The number of nitro benzene ring substituents is 1. The Hall–Kier alpha value is -3.50. The van der Waals surface area contributed by atoms with Gasteiger partial charge in [0.25, 0.3) is 5.91 Å². The third-order valence-corrected chi connectivity index (χ3v) is 6.01. The number of hydrogen-bond donors (Lipinski definition) is 1.